The first-order chi connectivity index (χ1) is 7.02. The average molecular weight is 207 g/mol. The van der Waals surface area contributed by atoms with Crippen LogP contribution in [0.5, 0.6) is 0 Å². The second kappa shape index (κ2) is 4.82. The molecule has 3 nitrogen and oxygen atoms in total. The Hall–Kier alpha value is -1.51. The highest BCUT2D eigenvalue weighted by Gasteiger charge is 2.10. The van der Waals surface area contributed by atoms with Gasteiger partial charge in [-0.3, -0.25) is 0 Å². The van der Waals surface area contributed by atoms with Crippen LogP contribution < -0.4 is 5.73 Å². The third-order valence-corrected chi connectivity index (χ3v) is 2.42. The van der Waals surface area contributed by atoms with E-state index in [0.717, 1.165) is 18.4 Å². The molecule has 0 saturated carbocycles. The van der Waals surface area contributed by atoms with Crippen LogP contribution in [0.2, 0.25) is 0 Å². The Morgan fingerprint density at radius 2 is 2.13 bits per heavy atom. The van der Waals surface area contributed by atoms with Gasteiger partial charge in [0.2, 0.25) is 0 Å². The first-order valence-corrected chi connectivity index (χ1v) is 5.13. The molecule has 0 atom stereocenters. The van der Waals surface area contributed by atoms with Crippen molar-refractivity contribution in [1.82, 2.24) is 0 Å². The smallest absolute Gasteiger partial charge is 0.337 e. The summed E-state index contributed by atoms with van der Waals surface area (Å²) in [4.78, 5) is 10.8. The summed E-state index contributed by atoms with van der Waals surface area (Å²) >= 11 is 0. The second-order valence-electron chi connectivity index (χ2n) is 4.12. The molecule has 0 aliphatic carbocycles. The van der Waals surface area contributed by atoms with E-state index in [1.807, 2.05) is 6.07 Å². The molecule has 0 unspecified atom stereocenters. The van der Waals surface area contributed by atoms with Gasteiger partial charge < -0.3 is 10.8 Å². The molecule has 0 amide bonds. The molecule has 3 heteroatoms. The third-order valence-electron chi connectivity index (χ3n) is 2.42. The van der Waals surface area contributed by atoms with Crippen molar-refractivity contribution in [2.45, 2.75) is 26.7 Å². The number of aryl methyl sites for hydroxylation is 1. The highest BCUT2D eigenvalue weighted by Crippen LogP contribution is 2.20. The van der Waals surface area contributed by atoms with Gasteiger partial charge in [-0.05, 0) is 30.4 Å². The number of rotatable bonds is 4. The monoisotopic (exact) mass is 207 g/mol. The Morgan fingerprint density at radius 3 is 2.67 bits per heavy atom. The standard InChI is InChI=1S/C12H17NO2/c1-8(2)6-7-9-4-3-5-10(11(9)13)12(14)15/h3-5,8H,6-7,13H2,1-2H3,(H,14,15). The normalized spacial score (nSPS) is 10.6. The number of nitrogens with two attached hydrogens (primary N) is 1. The van der Waals surface area contributed by atoms with Crippen molar-refractivity contribution in [1.29, 1.82) is 0 Å². The molecule has 1 aromatic rings. The quantitative estimate of drug-likeness (QED) is 0.746. The molecule has 0 spiro atoms. The molecule has 0 aromatic heterocycles. The van der Waals surface area contributed by atoms with E-state index in [1.165, 1.54) is 6.07 Å². The van der Waals surface area contributed by atoms with Crippen molar-refractivity contribution >= 4 is 11.7 Å². The summed E-state index contributed by atoms with van der Waals surface area (Å²) in [5, 5.41) is 8.89. The van der Waals surface area contributed by atoms with Crippen LogP contribution >= 0.6 is 0 Å². The van der Waals surface area contributed by atoms with E-state index in [1.54, 1.807) is 6.07 Å². The number of hydrogen-bond donors (Lipinski definition) is 2. The minimum absolute atomic E-state index is 0.205. The molecule has 0 radical (unpaired) electrons. The SMILES string of the molecule is CC(C)CCc1cccc(C(=O)O)c1N. The first kappa shape index (κ1) is 11.6. The van der Waals surface area contributed by atoms with Gasteiger partial charge in [0.05, 0.1) is 5.56 Å². The van der Waals surface area contributed by atoms with Crippen LogP contribution in [0.1, 0.15) is 36.2 Å². The largest absolute Gasteiger partial charge is 0.478 e. The predicted octanol–water partition coefficient (Wildman–Crippen LogP) is 2.56. The fourth-order valence-corrected chi connectivity index (χ4v) is 1.46. The van der Waals surface area contributed by atoms with Crippen LogP contribution in [0, 0.1) is 5.92 Å². The van der Waals surface area contributed by atoms with Gasteiger partial charge in [0.1, 0.15) is 0 Å². The van der Waals surface area contributed by atoms with Gasteiger partial charge in [0, 0.05) is 5.69 Å². The number of anilines is 1. The Labute approximate surface area is 89.9 Å². The summed E-state index contributed by atoms with van der Waals surface area (Å²) in [6.07, 6.45) is 1.86. The summed E-state index contributed by atoms with van der Waals surface area (Å²) in [5.74, 6) is -0.364. The molecule has 0 aliphatic heterocycles. The van der Waals surface area contributed by atoms with Crippen LogP contribution in [0.4, 0.5) is 5.69 Å². The van der Waals surface area contributed by atoms with Crippen molar-refractivity contribution < 1.29 is 9.90 Å². The summed E-state index contributed by atoms with van der Waals surface area (Å²) in [5.41, 5.74) is 7.34. The molecule has 1 aromatic carbocycles. The molecule has 3 N–H and O–H groups in total. The maximum atomic E-state index is 10.8. The summed E-state index contributed by atoms with van der Waals surface area (Å²) in [7, 11) is 0. The van der Waals surface area contributed by atoms with Gasteiger partial charge in [-0.1, -0.05) is 26.0 Å². The average Bonchev–Trinajstić information content (AvgIpc) is 2.15. The van der Waals surface area contributed by atoms with Crippen molar-refractivity contribution in [3.8, 4) is 0 Å². The first-order valence-electron chi connectivity index (χ1n) is 5.13. The van der Waals surface area contributed by atoms with Crippen molar-refractivity contribution in [2.75, 3.05) is 5.73 Å². The van der Waals surface area contributed by atoms with E-state index in [2.05, 4.69) is 13.8 Å². The molecule has 1 rings (SSSR count). The van der Waals surface area contributed by atoms with Gasteiger partial charge >= 0.3 is 5.97 Å². The van der Waals surface area contributed by atoms with E-state index >= 15 is 0 Å². The Morgan fingerprint density at radius 1 is 1.47 bits per heavy atom. The molecule has 0 bridgehead atoms. The number of benzene rings is 1. The number of nitrogen functional groups attached to an aromatic ring is 1. The number of para-hydroxylation sites is 1. The Bertz CT molecular complexity index is 359. The maximum Gasteiger partial charge on any atom is 0.337 e. The lowest BCUT2D eigenvalue weighted by Crippen LogP contribution is -2.06. The molecule has 0 aliphatic rings. The molecule has 0 saturated heterocycles. The lowest BCUT2D eigenvalue weighted by molar-refractivity contribution is 0.0698. The third kappa shape index (κ3) is 2.98. The van der Waals surface area contributed by atoms with E-state index in [9.17, 15) is 4.79 Å². The highest BCUT2D eigenvalue weighted by molar-refractivity contribution is 5.94. The minimum Gasteiger partial charge on any atom is -0.478 e. The lowest BCUT2D eigenvalue weighted by Gasteiger charge is -2.09. The zero-order valence-electron chi connectivity index (χ0n) is 9.16. The van der Waals surface area contributed by atoms with Gasteiger partial charge in [0.25, 0.3) is 0 Å². The molecule has 15 heavy (non-hydrogen) atoms. The minimum atomic E-state index is -0.959. The van der Waals surface area contributed by atoms with Gasteiger partial charge in [0.15, 0.2) is 0 Å². The number of carbonyl (C=O) groups is 1. The van der Waals surface area contributed by atoms with Crippen molar-refractivity contribution in [3.05, 3.63) is 29.3 Å². The van der Waals surface area contributed by atoms with Crippen LogP contribution in [0.3, 0.4) is 0 Å². The van der Waals surface area contributed by atoms with E-state index in [4.69, 9.17) is 10.8 Å². The zero-order chi connectivity index (χ0) is 11.4. The van der Waals surface area contributed by atoms with Crippen LogP contribution in [-0.2, 0) is 6.42 Å². The van der Waals surface area contributed by atoms with Gasteiger partial charge in [-0.15, -0.1) is 0 Å². The topological polar surface area (TPSA) is 63.3 Å². The Balaban J connectivity index is 2.89. The number of aromatic carboxylic acids is 1. The molecule has 0 fully saturated rings. The van der Waals surface area contributed by atoms with E-state index in [0.29, 0.717) is 11.6 Å². The van der Waals surface area contributed by atoms with Crippen LogP contribution in [-0.4, -0.2) is 11.1 Å². The van der Waals surface area contributed by atoms with E-state index in [-0.39, 0.29) is 5.56 Å². The number of carboxylic acids is 1. The Kier molecular flexibility index (Phi) is 3.72. The van der Waals surface area contributed by atoms with E-state index < -0.39 is 5.97 Å². The van der Waals surface area contributed by atoms with Gasteiger partial charge in [-0.25, -0.2) is 4.79 Å². The summed E-state index contributed by atoms with van der Waals surface area (Å²) < 4.78 is 0. The fourth-order valence-electron chi connectivity index (χ4n) is 1.46. The van der Waals surface area contributed by atoms with Crippen molar-refractivity contribution in [3.63, 3.8) is 0 Å². The number of carboxylic acid groups (broad SMARTS) is 1. The summed E-state index contributed by atoms with van der Waals surface area (Å²) in [6.45, 7) is 4.27. The molecule has 82 valence electrons. The maximum absolute atomic E-state index is 10.8. The van der Waals surface area contributed by atoms with Crippen molar-refractivity contribution in [2.24, 2.45) is 5.92 Å². The fraction of sp³-hybridized carbons (Fsp3) is 0.417. The zero-order valence-corrected chi connectivity index (χ0v) is 9.16. The van der Waals surface area contributed by atoms with Gasteiger partial charge in [-0.2, -0.15) is 0 Å². The highest BCUT2D eigenvalue weighted by atomic mass is 16.4. The molecular formula is C12H17NO2. The number of hydrogen-bond acceptors (Lipinski definition) is 2. The molecular weight excluding hydrogens is 190 g/mol. The van der Waals surface area contributed by atoms with Crippen LogP contribution in [0.15, 0.2) is 18.2 Å². The lowest BCUT2D eigenvalue weighted by atomic mass is 9.99. The summed E-state index contributed by atoms with van der Waals surface area (Å²) in [6, 6.07) is 5.18. The molecule has 0 heterocycles. The predicted molar refractivity (Wildman–Crippen MR) is 61.0 cm³/mol. The van der Waals surface area contributed by atoms with Crippen LogP contribution in [0.25, 0.3) is 0 Å². The second-order valence-corrected chi connectivity index (χ2v) is 4.12.